The van der Waals surface area contributed by atoms with Gasteiger partial charge in [0.05, 0.1) is 4.92 Å². The van der Waals surface area contributed by atoms with Gasteiger partial charge in [0.15, 0.2) is 5.82 Å². The number of carbonyl (C=O) groups is 1. The fourth-order valence-electron chi connectivity index (χ4n) is 1.39. The van der Waals surface area contributed by atoms with Crippen LogP contribution in [0.4, 0.5) is 14.5 Å². The highest BCUT2D eigenvalue weighted by Gasteiger charge is 2.22. The standard InChI is InChI=1S/C10H10F2N2O4/c11-6-3-5(7(13)1-2-9(15)16)4-8(10(6)12)14(17)18/h3-4,7H,1-2,13H2,(H,15,16). The van der Waals surface area contributed by atoms with Crippen molar-refractivity contribution in [2.75, 3.05) is 0 Å². The maximum atomic E-state index is 13.1. The molecule has 0 aliphatic rings. The lowest BCUT2D eigenvalue weighted by Crippen LogP contribution is -2.13. The molecule has 0 saturated carbocycles. The molecule has 0 amide bonds. The van der Waals surface area contributed by atoms with Crippen LogP contribution in [-0.2, 0) is 4.79 Å². The second kappa shape index (κ2) is 5.50. The molecule has 0 aliphatic carbocycles. The minimum Gasteiger partial charge on any atom is -0.481 e. The third kappa shape index (κ3) is 3.20. The van der Waals surface area contributed by atoms with E-state index in [0.29, 0.717) is 0 Å². The van der Waals surface area contributed by atoms with Crippen LogP contribution in [0.15, 0.2) is 12.1 Å². The SMILES string of the molecule is NC(CCC(=O)O)c1cc(F)c(F)c([N+](=O)[O-])c1. The normalized spacial score (nSPS) is 12.2. The van der Waals surface area contributed by atoms with Crippen LogP contribution >= 0.6 is 0 Å². The maximum absolute atomic E-state index is 13.1. The summed E-state index contributed by atoms with van der Waals surface area (Å²) >= 11 is 0. The van der Waals surface area contributed by atoms with E-state index in [-0.39, 0.29) is 18.4 Å². The van der Waals surface area contributed by atoms with Crippen LogP contribution < -0.4 is 5.73 Å². The summed E-state index contributed by atoms with van der Waals surface area (Å²) in [5, 5.41) is 18.9. The zero-order chi connectivity index (χ0) is 13.9. The number of benzene rings is 1. The first-order valence-corrected chi connectivity index (χ1v) is 4.93. The van der Waals surface area contributed by atoms with Gasteiger partial charge in [-0.15, -0.1) is 0 Å². The molecule has 1 atom stereocenters. The Morgan fingerprint density at radius 1 is 1.50 bits per heavy atom. The van der Waals surface area contributed by atoms with Crippen LogP contribution in [0.2, 0.25) is 0 Å². The van der Waals surface area contributed by atoms with Gasteiger partial charge in [0, 0.05) is 18.5 Å². The molecule has 3 N–H and O–H groups in total. The minimum atomic E-state index is -1.56. The largest absolute Gasteiger partial charge is 0.481 e. The molecule has 0 spiro atoms. The molecular formula is C10H10F2N2O4. The molecule has 1 aromatic carbocycles. The second-order valence-electron chi connectivity index (χ2n) is 3.63. The number of rotatable bonds is 5. The highest BCUT2D eigenvalue weighted by molar-refractivity contribution is 5.66. The molecule has 98 valence electrons. The van der Waals surface area contributed by atoms with Gasteiger partial charge in [0.25, 0.3) is 0 Å². The summed E-state index contributed by atoms with van der Waals surface area (Å²) in [7, 11) is 0. The molecule has 0 saturated heterocycles. The number of nitrogens with two attached hydrogens (primary N) is 1. The molecule has 1 aromatic rings. The summed E-state index contributed by atoms with van der Waals surface area (Å²) in [5.74, 6) is -4.04. The van der Waals surface area contributed by atoms with Gasteiger partial charge in [-0.3, -0.25) is 14.9 Å². The lowest BCUT2D eigenvalue weighted by atomic mass is 10.0. The van der Waals surface area contributed by atoms with Gasteiger partial charge in [0.1, 0.15) is 0 Å². The lowest BCUT2D eigenvalue weighted by Gasteiger charge is -2.10. The smallest absolute Gasteiger partial charge is 0.308 e. The first kappa shape index (κ1) is 14.0. The fourth-order valence-corrected chi connectivity index (χ4v) is 1.39. The number of nitro benzene ring substituents is 1. The average molecular weight is 260 g/mol. The van der Waals surface area contributed by atoms with Crippen molar-refractivity contribution in [3.05, 3.63) is 39.4 Å². The number of hydrogen-bond acceptors (Lipinski definition) is 4. The number of halogens is 2. The third-order valence-electron chi connectivity index (χ3n) is 2.33. The molecule has 0 fully saturated rings. The summed E-state index contributed by atoms with van der Waals surface area (Å²) in [5.41, 5.74) is 4.53. The van der Waals surface area contributed by atoms with Crippen LogP contribution in [0.25, 0.3) is 0 Å². The van der Waals surface area contributed by atoms with Gasteiger partial charge in [-0.25, -0.2) is 4.39 Å². The van der Waals surface area contributed by atoms with E-state index in [1.807, 2.05) is 0 Å². The predicted molar refractivity (Wildman–Crippen MR) is 56.8 cm³/mol. The first-order chi connectivity index (χ1) is 8.32. The molecule has 0 aromatic heterocycles. The monoisotopic (exact) mass is 260 g/mol. The van der Waals surface area contributed by atoms with Crippen molar-refractivity contribution in [2.24, 2.45) is 5.73 Å². The Balaban J connectivity index is 3.03. The summed E-state index contributed by atoms with van der Waals surface area (Å²) in [4.78, 5) is 19.7. The minimum absolute atomic E-state index is 0.0122. The lowest BCUT2D eigenvalue weighted by molar-refractivity contribution is -0.387. The van der Waals surface area contributed by atoms with E-state index in [0.717, 1.165) is 12.1 Å². The second-order valence-corrected chi connectivity index (χ2v) is 3.63. The summed E-state index contributed by atoms with van der Waals surface area (Å²) < 4.78 is 26.2. The van der Waals surface area contributed by atoms with Gasteiger partial charge in [-0.2, -0.15) is 4.39 Å². The Hall–Kier alpha value is -2.09. The predicted octanol–water partition coefficient (Wildman–Crippen LogP) is 1.74. The molecule has 18 heavy (non-hydrogen) atoms. The number of carboxylic acid groups (broad SMARTS) is 1. The van der Waals surface area contributed by atoms with Gasteiger partial charge < -0.3 is 10.8 Å². The zero-order valence-electron chi connectivity index (χ0n) is 9.10. The van der Waals surface area contributed by atoms with E-state index < -0.39 is 34.3 Å². The molecule has 6 nitrogen and oxygen atoms in total. The fraction of sp³-hybridized carbons (Fsp3) is 0.300. The maximum Gasteiger partial charge on any atom is 0.308 e. The van der Waals surface area contributed by atoms with Crippen LogP contribution in [0.3, 0.4) is 0 Å². The van der Waals surface area contributed by atoms with E-state index in [4.69, 9.17) is 10.8 Å². The van der Waals surface area contributed by atoms with E-state index in [2.05, 4.69) is 0 Å². The summed E-state index contributed by atoms with van der Waals surface area (Å²) in [6.07, 6.45) is -0.300. The van der Waals surface area contributed by atoms with Gasteiger partial charge in [-0.1, -0.05) is 0 Å². The summed E-state index contributed by atoms with van der Waals surface area (Å²) in [6, 6.07) is 0.634. The molecule has 0 bridgehead atoms. The van der Waals surface area contributed by atoms with Crippen molar-refractivity contribution in [1.29, 1.82) is 0 Å². The van der Waals surface area contributed by atoms with Crippen molar-refractivity contribution >= 4 is 11.7 Å². The number of nitro groups is 1. The first-order valence-electron chi connectivity index (χ1n) is 4.93. The van der Waals surface area contributed by atoms with Crippen molar-refractivity contribution in [2.45, 2.75) is 18.9 Å². The third-order valence-corrected chi connectivity index (χ3v) is 2.33. The van der Waals surface area contributed by atoms with E-state index >= 15 is 0 Å². The Morgan fingerprint density at radius 2 is 2.11 bits per heavy atom. The molecule has 0 aliphatic heterocycles. The van der Waals surface area contributed by atoms with Crippen molar-refractivity contribution in [1.82, 2.24) is 0 Å². The number of nitrogens with zero attached hydrogens (tertiary/aromatic N) is 1. The number of hydrogen-bond donors (Lipinski definition) is 2. The van der Waals surface area contributed by atoms with Crippen molar-refractivity contribution < 1.29 is 23.6 Å². The van der Waals surface area contributed by atoms with Gasteiger partial charge in [0.2, 0.25) is 5.82 Å². The van der Waals surface area contributed by atoms with E-state index in [9.17, 15) is 23.7 Å². The highest BCUT2D eigenvalue weighted by Crippen LogP contribution is 2.26. The molecule has 0 heterocycles. The Bertz CT molecular complexity index is 493. The van der Waals surface area contributed by atoms with Crippen LogP contribution in [0.1, 0.15) is 24.4 Å². The molecule has 0 radical (unpaired) electrons. The van der Waals surface area contributed by atoms with Gasteiger partial charge in [-0.05, 0) is 18.1 Å². The van der Waals surface area contributed by atoms with Crippen molar-refractivity contribution in [3.63, 3.8) is 0 Å². The molecule has 1 unspecified atom stereocenters. The van der Waals surface area contributed by atoms with Crippen molar-refractivity contribution in [3.8, 4) is 0 Å². The van der Waals surface area contributed by atoms with Crippen LogP contribution in [-0.4, -0.2) is 16.0 Å². The number of carboxylic acids is 1. The Morgan fingerprint density at radius 3 is 2.61 bits per heavy atom. The van der Waals surface area contributed by atoms with E-state index in [1.165, 1.54) is 0 Å². The zero-order valence-corrected chi connectivity index (χ0v) is 9.10. The highest BCUT2D eigenvalue weighted by atomic mass is 19.2. The quantitative estimate of drug-likeness (QED) is 0.619. The summed E-state index contributed by atoms with van der Waals surface area (Å²) in [6.45, 7) is 0. The topological polar surface area (TPSA) is 106 Å². The van der Waals surface area contributed by atoms with E-state index in [1.54, 1.807) is 0 Å². The number of aliphatic carboxylic acids is 1. The molecule has 1 rings (SSSR count). The molecule has 8 heteroatoms. The van der Waals surface area contributed by atoms with Gasteiger partial charge >= 0.3 is 11.7 Å². The molecular weight excluding hydrogens is 250 g/mol. The Kier molecular flexibility index (Phi) is 4.27. The van der Waals surface area contributed by atoms with Crippen LogP contribution in [0, 0.1) is 21.7 Å². The van der Waals surface area contributed by atoms with Crippen LogP contribution in [0.5, 0.6) is 0 Å². The average Bonchev–Trinajstić information content (AvgIpc) is 2.28. The Labute approximate surface area is 100 Å².